The number of nitrogens with one attached hydrogen (secondary N) is 2. The van der Waals surface area contributed by atoms with Crippen molar-refractivity contribution >= 4 is 23.8 Å². The Morgan fingerprint density at radius 3 is 2.23 bits per heavy atom. The van der Waals surface area contributed by atoms with E-state index < -0.39 is 5.24 Å². The Morgan fingerprint density at radius 2 is 1.69 bits per heavy atom. The number of hydrazine groups is 1. The van der Waals surface area contributed by atoms with Crippen LogP contribution in [0.2, 0.25) is 0 Å². The van der Waals surface area contributed by atoms with E-state index in [0.29, 0.717) is 5.56 Å². The molecule has 1 aromatic rings. The lowest BCUT2D eigenvalue weighted by atomic mass is 10.2. The molecule has 13 heavy (non-hydrogen) atoms. The largest absolute Gasteiger partial charge is 0.717 e. The minimum absolute atomic E-state index is 0.390. The molecule has 5 heteroatoms. The molecule has 0 aliphatic carbocycles. The number of hydrogen-bond acceptors (Lipinski definition) is 3. The standard InChI is InChI=1S/C8H8N2O2S/c11-7(9-10-8(12)13)6-4-2-1-3-5-6/h1-5H,(H,9,11)(H2,10,12,13)/p-1. The van der Waals surface area contributed by atoms with Crippen LogP contribution in [0, 0.1) is 0 Å². The average molecular weight is 195 g/mol. The van der Waals surface area contributed by atoms with Crippen LogP contribution in [0.15, 0.2) is 30.3 Å². The van der Waals surface area contributed by atoms with E-state index in [1.807, 2.05) is 5.43 Å². The van der Waals surface area contributed by atoms with Crippen molar-refractivity contribution in [1.29, 1.82) is 0 Å². The summed E-state index contributed by atoms with van der Waals surface area (Å²) in [5.74, 6) is -0.390. The zero-order chi connectivity index (χ0) is 9.68. The highest BCUT2D eigenvalue weighted by Gasteiger charge is 2.01. The summed E-state index contributed by atoms with van der Waals surface area (Å²) in [5.41, 5.74) is 4.64. The molecule has 0 saturated heterocycles. The third kappa shape index (κ3) is 3.08. The Balaban J connectivity index is 2.54. The van der Waals surface area contributed by atoms with Crippen molar-refractivity contribution in [2.75, 3.05) is 0 Å². The van der Waals surface area contributed by atoms with Gasteiger partial charge in [-0.05, 0) is 12.1 Å². The van der Waals surface area contributed by atoms with Gasteiger partial charge in [0.25, 0.3) is 5.91 Å². The topological polar surface area (TPSA) is 58.2 Å². The van der Waals surface area contributed by atoms with Crippen molar-refractivity contribution in [2.45, 2.75) is 0 Å². The minimum atomic E-state index is -0.718. The molecule has 1 rings (SSSR count). The van der Waals surface area contributed by atoms with Gasteiger partial charge in [0.1, 0.15) is 5.24 Å². The summed E-state index contributed by atoms with van der Waals surface area (Å²) in [7, 11) is 0. The Hall–Kier alpha value is -1.62. The number of benzene rings is 1. The molecule has 2 amide bonds. The lowest BCUT2D eigenvalue weighted by Gasteiger charge is -2.08. The summed E-state index contributed by atoms with van der Waals surface area (Å²) >= 11 is 4.18. The SMILES string of the molecule is O=C([S-])NNC(=O)c1ccccc1. The highest BCUT2D eigenvalue weighted by Crippen LogP contribution is 1.96. The highest BCUT2D eigenvalue weighted by molar-refractivity contribution is 7.76. The molecule has 2 N–H and O–H groups in total. The van der Waals surface area contributed by atoms with E-state index in [2.05, 4.69) is 18.1 Å². The molecule has 0 saturated carbocycles. The van der Waals surface area contributed by atoms with E-state index in [4.69, 9.17) is 0 Å². The van der Waals surface area contributed by atoms with E-state index in [1.54, 1.807) is 30.3 Å². The number of carbonyl (C=O) groups excluding carboxylic acids is 2. The van der Waals surface area contributed by atoms with E-state index in [1.165, 1.54) is 0 Å². The molecule has 68 valence electrons. The maximum atomic E-state index is 11.2. The smallest absolute Gasteiger partial charge is 0.269 e. The third-order valence-corrected chi connectivity index (χ3v) is 1.42. The normalized spacial score (nSPS) is 8.92. The summed E-state index contributed by atoms with van der Waals surface area (Å²) in [6, 6.07) is 8.51. The number of carbonyl (C=O) groups is 2. The van der Waals surface area contributed by atoms with Crippen LogP contribution in [0.3, 0.4) is 0 Å². The van der Waals surface area contributed by atoms with Crippen LogP contribution < -0.4 is 10.9 Å². The molecular weight excluding hydrogens is 188 g/mol. The summed E-state index contributed by atoms with van der Waals surface area (Å²) in [6.45, 7) is 0. The van der Waals surface area contributed by atoms with Crippen molar-refractivity contribution in [3.05, 3.63) is 35.9 Å². The van der Waals surface area contributed by atoms with Crippen molar-refractivity contribution in [3.8, 4) is 0 Å². The fourth-order valence-electron chi connectivity index (χ4n) is 0.769. The number of rotatable bonds is 1. The van der Waals surface area contributed by atoms with E-state index >= 15 is 0 Å². The summed E-state index contributed by atoms with van der Waals surface area (Å²) in [6.07, 6.45) is 0. The fraction of sp³-hybridized carbons (Fsp3) is 0. The zero-order valence-corrected chi connectivity index (χ0v) is 7.43. The number of hydrogen-bond donors (Lipinski definition) is 2. The molecule has 0 aliphatic rings. The van der Waals surface area contributed by atoms with Gasteiger partial charge < -0.3 is 17.4 Å². The van der Waals surface area contributed by atoms with Crippen LogP contribution >= 0.6 is 0 Å². The van der Waals surface area contributed by atoms with Gasteiger partial charge in [0.2, 0.25) is 0 Å². The van der Waals surface area contributed by atoms with E-state index in [0.717, 1.165) is 0 Å². The first-order valence-electron chi connectivity index (χ1n) is 3.52. The molecule has 0 radical (unpaired) electrons. The van der Waals surface area contributed by atoms with Crippen LogP contribution in [0.4, 0.5) is 4.79 Å². The van der Waals surface area contributed by atoms with Gasteiger partial charge in [-0.15, -0.1) is 0 Å². The van der Waals surface area contributed by atoms with Crippen molar-refractivity contribution in [2.24, 2.45) is 0 Å². The molecular formula is C8H7N2O2S-. The van der Waals surface area contributed by atoms with Gasteiger partial charge in [0.05, 0.1) is 0 Å². The predicted octanol–water partition coefficient (Wildman–Crippen LogP) is 0.588. The molecule has 0 bridgehead atoms. The summed E-state index contributed by atoms with van der Waals surface area (Å²) < 4.78 is 0. The van der Waals surface area contributed by atoms with Crippen molar-refractivity contribution in [3.63, 3.8) is 0 Å². The molecule has 0 unspecified atom stereocenters. The Morgan fingerprint density at radius 1 is 1.08 bits per heavy atom. The molecule has 4 nitrogen and oxygen atoms in total. The van der Waals surface area contributed by atoms with Crippen molar-refractivity contribution in [1.82, 2.24) is 10.9 Å². The Bertz CT molecular complexity index is 313. The van der Waals surface area contributed by atoms with Gasteiger partial charge in [-0.1, -0.05) is 18.2 Å². The van der Waals surface area contributed by atoms with Gasteiger partial charge in [0.15, 0.2) is 0 Å². The first-order chi connectivity index (χ1) is 6.20. The van der Waals surface area contributed by atoms with Gasteiger partial charge in [0, 0.05) is 5.56 Å². The van der Waals surface area contributed by atoms with E-state index in [-0.39, 0.29) is 5.91 Å². The quantitative estimate of drug-likeness (QED) is 0.509. The molecule has 0 spiro atoms. The van der Waals surface area contributed by atoms with Gasteiger partial charge >= 0.3 is 0 Å². The lowest BCUT2D eigenvalue weighted by Crippen LogP contribution is -2.39. The maximum absolute atomic E-state index is 11.2. The predicted molar refractivity (Wildman–Crippen MR) is 49.8 cm³/mol. The van der Waals surface area contributed by atoms with Crippen LogP contribution in [0.1, 0.15) is 10.4 Å². The van der Waals surface area contributed by atoms with Crippen LogP contribution in [0.25, 0.3) is 0 Å². The zero-order valence-electron chi connectivity index (χ0n) is 6.61. The Kier molecular flexibility index (Phi) is 3.22. The second-order valence-corrected chi connectivity index (χ2v) is 2.60. The molecule has 0 aromatic heterocycles. The molecule has 1 aromatic carbocycles. The van der Waals surface area contributed by atoms with Gasteiger partial charge in [-0.3, -0.25) is 15.6 Å². The summed E-state index contributed by atoms with van der Waals surface area (Å²) in [5, 5.41) is -0.718. The van der Waals surface area contributed by atoms with Gasteiger partial charge in [-0.25, -0.2) is 0 Å². The second kappa shape index (κ2) is 4.42. The van der Waals surface area contributed by atoms with Crippen molar-refractivity contribution < 1.29 is 9.59 Å². The first-order valence-corrected chi connectivity index (χ1v) is 3.93. The monoisotopic (exact) mass is 195 g/mol. The third-order valence-electron chi connectivity index (χ3n) is 1.31. The molecule has 0 atom stereocenters. The fourth-order valence-corrected chi connectivity index (χ4v) is 0.821. The highest BCUT2D eigenvalue weighted by atomic mass is 32.1. The molecule has 0 fully saturated rings. The maximum Gasteiger partial charge on any atom is 0.269 e. The van der Waals surface area contributed by atoms with E-state index in [9.17, 15) is 9.59 Å². The van der Waals surface area contributed by atoms with Gasteiger partial charge in [-0.2, -0.15) is 0 Å². The number of amides is 2. The Labute approximate surface area is 80.7 Å². The molecule has 0 aliphatic heterocycles. The van der Waals surface area contributed by atoms with Crippen LogP contribution in [0.5, 0.6) is 0 Å². The second-order valence-electron chi connectivity index (χ2n) is 2.23. The average Bonchev–Trinajstić information content (AvgIpc) is 2.15. The van der Waals surface area contributed by atoms with Crippen LogP contribution in [-0.2, 0) is 12.6 Å². The van der Waals surface area contributed by atoms with Crippen LogP contribution in [-0.4, -0.2) is 11.1 Å². The first kappa shape index (κ1) is 9.47. The minimum Gasteiger partial charge on any atom is -0.717 e. The summed E-state index contributed by atoms with van der Waals surface area (Å²) in [4.78, 5) is 21.4. The molecule has 0 heterocycles. The lowest BCUT2D eigenvalue weighted by molar-refractivity contribution is 0.0939.